The standard InChI is InChI=1S/C21H19NO3S/c1-12-10-21(2,3)22(4)17-9-18-14(7-15(12)17)8-16(20(24)25-18)19(23)13-5-6-26-11-13/h5-11H,1-4H3. The van der Waals surface area contributed by atoms with Crippen molar-refractivity contribution < 1.29 is 9.21 Å². The van der Waals surface area contributed by atoms with Gasteiger partial charge in [0.05, 0.1) is 5.54 Å². The van der Waals surface area contributed by atoms with Gasteiger partial charge >= 0.3 is 5.63 Å². The Morgan fingerprint density at radius 1 is 1.23 bits per heavy atom. The summed E-state index contributed by atoms with van der Waals surface area (Å²) in [6.45, 7) is 6.36. The number of hydrogen-bond donors (Lipinski definition) is 0. The van der Waals surface area contributed by atoms with Crippen molar-refractivity contribution in [2.24, 2.45) is 0 Å². The molecule has 0 bridgehead atoms. The number of rotatable bonds is 2. The van der Waals surface area contributed by atoms with E-state index in [2.05, 4.69) is 31.7 Å². The first-order valence-electron chi connectivity index (χ1n) is 8.40. The molecule has 5 heteroatoms. The molecule has 3 aromatic rings. The third-order valence-electron chi connectivity index (χ3n) is 5.10. The van der Waals surface area contributed by atoms with Gasteiger partial charge in [-0.3, -0.25) is 4.79 Å². The number of allylic oxidation sites excluding steroid dienone is 1. The van der Waals surface area contributed by atoms with E-state index in [1.54, 1.807) is 17.5 Å². The molecule has 26 heavy (non-hydrogen) atoms. The van der Waals surface area contributed by atoms with Gasteiger partial charge in [0.15, 0.2) is 0 Å². The van der Waals surface area contributed by atoms with Crippen LogP contribution in [0.1, 0.15) is 42.3 Å². The second kappa shape index (κ2) is 5.68. The number of hydrogen-bond acceptors (Lipinski definition) is 5. The van der Waals surface area contributed by atoms with Gasteiger partial charge in [0.25, 0.3) is 0 Å². The molecular weight excluding hydrogens is 346 g/mol. The van der Waals surface area contributed by atoms with Crippen molar-refractivity contribution in [2.75, 3.05) is 11.9 Å². The fraction of sp³-hybridized carbons (Fsp3) is 0.238. The smallest absolute Gasteiger partial charge is 0.347 e. The van der Waals surface area contributed by atoms with Crippen LogP contribution in [-0.2, 0) is 0 Å². The summed E-state index contributed by atoms with van der Waals surface area (Å²) in [6.07, 6.45) is 2.22. The third kappa shape index (κ3) is 2.51. The zero-order chi connectivity index (χ0) is 18.6. The van der Waals surface area contributed by atoms with Crippen LogP contribution in [0.25, 0.3) is 16.5 Å². The Morgan fingerprint density at radius 3 is 2.69 bits per heavy atom. The van der Waals surface area contributed by atoms with Gasteiger partial charge in [-0.05, 0) is 49.9 Å². The molecule has 3 heterocycles. The summed E-state index contributed by atoms with van der Waals surface area (Å²) in [5.41, 5.74) is 3.62. The van der Waals surface area contributed by atoms with Gasteiger partial charge in [-0.25, -0.2) is 4.79 Å². The van der Waals surface area contributed by atoms with E-state index in [0.29, 0.717) is 11.1 Å². The number of anilines is 1. The fourth-order valence-corrected chi connectivity index (χ4v) is 4.11. The molecule has 4 nitrogen and oxygen atoms in total. The van der Waals surface area contributed by atoms with Crippen LogP contribution in [0.3, 0.4) is 0 Å². The molecule has 0 radical (unpaired) electrons. The summed E-state index contributed by atoms with van der Waals surface area (Å²) in [5, 5.41) is 4.31. The molecule has 0 spiro atoms. The van der Waals surface area contributed by atoms with Crippen LogP contribution in [0.15, 0.2) is 50.3 Å². The van der Waals surface area contributed by atoms with Crippen LogP contribution >= 0.6 is 11.3 Å². The lowest BCUT2D eigenvalue weighted by Crippen LogP contribution is -2.42. The SMILES string of the molecule is CC1=CC(C)(C)N(C)c2cc3oc(=O)c(C(=O)c4ccsc4)cc3cc21. The van der Waals surface area contributed by atoms with Gasteiger partial charge in [0.2, 0.25) is 5.78 Å². The lowest BCUT2D eigenvalue weighted by atomic mass is 9.88. The van der Waals surface area contributed by atoms with E-state index >= 15 is 0 Å². The summed E-state index contributed by atoms with van der Waals surface area (Å²) in [7, 11) is 2.03. The highest BCUT2D eigenvalue weighted by molar-refractivity contribution is 7.08. The molecule has 1 aliphatic heterocycles. The first-order chi connectivity index (χ1) is 12.3. The first-order valence-corrected chi connectivity index (χ1v) is 9.35. The summed E-state index contributed by atoms with van der Waals surface area (Å²) in [4.78, 5) is 27.2. The third-order valence-corrected chi connectivity index (χ3v) is 5.78. The number of nitrogens with zero attached hydrogens (tertiary/aromatic N) is 1. The molecule has 0 atom stereocenters. The van der Waals surface area contributed by atoms with Crippen molar-refractivity contribution in [2.45, 2.75) is 26.3 Å². The topological polar surface area (TPSA) is 50.5 Å². The van der Waals surface area contributed by atoms with Gasteiger partial charge in [-0.15, -0.1) is 0 Å². The molecule has 0 unspecified atom stereocenters. The highest BCUT2D eigenvalue weighted by Gasteiger charge is 2.29. The van der Waals surface area contributed by atoms with E-state index in [0.717, 1.165) is 16.6 Å². The van der Waals surface area contributed by atoms with Gasteiger partial charge in [0.1, 0.15) is 11.1 Å². The van der Waals surface area contributed by atoms with Gasteiger partial charge in [0, 0.05) is 40.7 Å². The Kier molecular flexibility index (Phi) is 3.66. The zero-order valence-corrected chi connectivity index (χ0v) is 15.9. The second-order valence-corrected chi connectivity index (χ2v) is 8.02. The first kappa shape index (κ1) is 16.8. The molecule has 0 aliphatic carbocycles. The lowest BCUT2D eigenvalue weighted by molar-refractivity contribution is 0.103. The molecule has 0 saturated carbocycles. The molecule has 0 amide bonds. The number of carbonyl (C=O) groups is 1. The summed E-state index contributed by atoms with van der Waals surface area (Å²) in [5.74, 6) is -0.301. The predicted octanol–water partition coefficient (Wildman–Crippen LogP) is 4.72. The van der Waals surface area contributed by atoms with Crippen molar-refractivity contribution in [1.82, 2.24) is 0 Å². The van der Waals surface area contributed by atoms with Crippen molar-refractivity contribution >= 4 is 39.3 Å². The van der Waals surface area contributed by atoms with Crippen molar-refractivity contribution in [3.63, 3.8) is 0 Å². The molecule has 132 valence electrons. The molecule has 1 aromatic carbocycles. The Balaban J connectivity index is 1.92. The minimum atomic E-state index is -0.598. The number of carbonyl (C=O) groups excluding carboxylic acids is 1. The largest absolute Gasteiger partial charge is 0.422 e. The van der Waals surface area contributed by atoms with Crippen LogP contribution in [0, 0.1) is 0 Å². The number of thiophene rings is 1. The number of ketones is 1. The van der Waals surface area contributed by atoms with E-state index in [1.165, 1.54) is 16.9 Å². The summed E-state index contributed by atoms with van der Waals surface area (Å²) < 4.78 is 5.51. The molecule has 0 saturated heterocycles. The molecular formula is C21H19NO3S. The fourth-order valence-electron chi connectivity index (χ4n) is 3.47. The Labute approximate surface area is 155 Å². The Hall–Kier alpha value is -2.66. The molecule has 0 fully saturated rings. The zero-order valence-electron chi connectivity index (χ0n) is 15.1. The number of benzene rings is 1. The molecule has 1 aliphatic rings. The van der Waals surface area contributed by atoms with Gasteiger partial charge in [-0.2, -0.15) is 11.3 Å². The van der Waals surface area contributed by atoms with Crippen LogP contribution < -0.4 is 10.5 Å². The summed E-state index contributed by atoms with van der Waals surface area (Å²) in [6, 6.07) is 7.25. The van der Waals surface area contributed by atoms with E-state index in [4.69, 9.17) is 4.42 Å². The van der Waals surface area contributed by atoms with Crippen LogP contribution in [-0.4, -0.2) is 18.4 Å². The quantitative estimate of drug-likeness (QED) is 0.487. The maximum Gasteiger partial charge on any atom is 0.347 e. The van der Waals surface area contributed by atoms with Crippen molar-refractivity contribution in [1.29, 1.82) is 0 Å². The lowest BCUT2D eigenvalue weighted by Gasteiger charge is -2.40. The highest BCUT2D eigenvalue weighted by atomic mass is 32.1. The van der Waals surface area contributed by atoms with Gasteiger partial charge in [-0.1, -0.05) is 6.08 Å². The van der Waals surface area contributed by atoms with Gasteiger partial charge < -0.3 is 9.32 Å². The van der Waals surface area contributed by atoms with E-state index in [-0.39, 0.29) is 16.9 Å². The van der Waals surface area contributed by atoms with E-state index < -0.39 is 5.63 Å². The monoisotopic (exact) mass is 365 g/mol. The van der Waals surface area contributed by atoms with E-state index in [1.807, 2.05) is 24.6 Å². The van der Waals surface area contributed by atoms with Crippen LogP contribution in [0.4, 0.5) is 5.69 Å². The normalized spacial score (nSPS) is 15.7. The average Bonchev–Trinajstić information content (AvgIpc) is 3.12. The van der Waals surface area contributed by atoms with E-state index in [9.17, 15) is 9.59 Å². The number of likely N-dealkylation sites (N-methyl/N-ethyl adjacent to an activating group) is 1. The van der Waals surface area contributed by atoms with Crippen LogP contribution in [0.5, 0.6) is 0 Å². The average molecular weight is 365 g/mol. The Bertz CT molecular complexity index is 1120. The van der Waals surface area contributed by atoms with Crippen LogP contribution in [0.2, 0.25) is 0 Å². The molecule has 0 N–H and O–H groups in total. The Morgan fingerprint density at radius 2 is 2.00 bits per heavy atom. The highest BCUT2D eigenvalue weighted by Crippen LogP contribution is 2.39. The summed E-state index contributed by atoms with van der Waals surface area (Å²) >= 11 is 1.42. The second-order valence-electron chi connectivity index (χ2n) is 7.24. The number of fused-ring (bicyclic) bond motifs is 2. The molecule has 2 aromatic heterocycles. The molecule has 4 rings (SSSR count). The maximum absolute atomic E-state index is 12.6. The van der Waals surface area contributed by atoms with Crippen molar-refractivity contribution in [3.05, 3.63) is 68.2 Å². The minimum absolute atomic E-state index is 0.0713. The van der Waals surface area contributed by atoms with Crippen molar-refractivity contribution in [3.8, 4) is 0 Å². The maximum atomic E-state index is 12.6. The minimum Gasteiger partial charge on any atom is -0.422 e. The predicted molar refractivity (Wildman–Crippen MR) is 106 cm³/mol.